The molecule has 7 heteroatoms. The second-order valence-electron chi connectivity index (χ2n) is 5.80. The van der Waals surface area contributed by atoms with Gasteiger partial charge in [0.15, 0.2) is 5.17 Å². The quantitative estimate of drug-likeness (QED) is 0.701. The molecular formula is C20H15F3N2OS. The molecule has 0 radical (unpaired) electrons. The molecule has 1 fully saturated rings. The summed E-state index contributed by atoms with van der Waals surface area (Å²) in [5.41, 5.74) is 0.759. The van der Waals surface area contributed by atoms with Crippen LogP contribution in [0.3, 0.4) is 0 Å². The summed E-state index contributed by atoms with van der Waals surface area (Å²) < 4.78 is 39.2. The van der Waals surface area contributed by atoms with E-state index in [-0.39, 0.29) is 16.8 Å². The first-order chi connectivity index (χ1) is 12.8. The molecule has 138 valence electrons. The van der Waals surface area contributed by atoms with Gasteiger partial charge in [0.05, 0.1) is 16.2 Å². The van der Waals surface area contributed by atoms with Crippen LogP contribution in [0.5, 0.6) is 0 Å². The molecule has 0 atom stereocenters. The predicted molar refractivity (Wildman–Crippen MR) is 102 cm³/mol. The summed E-state index contributed by atoms with van der Waals surface area (Å²) in [6.45, 7) is 1.85. The Kier molecular flexibility index (Phi) is 5.51. The smallest absolute Gasteiger partial charge is 0.300 e. The van der Waals surface area contributed by atoms with Gasteiger partial charge in [0.2, 0.25) is 0 Å². The molecule has 0 saturated carbocycles. The van der Waals surface area contributed by atoms with Gasteiger partial charge >= 0.3 is 6.18 Å². The van der Waals surface area contributed by atoms with E-state index in [0.29, 0.717) is 4.91 Å². The lowest BCUT2D eigenvalue weighted by Crippen LogP contribution is -2.19. The van der Waals surface area contributed by atoms with Gasteiger partial charge in [-0.05, 0) is 48.0 Å². The van der Waals surface area contributed by atoms with Crippen molar-refractivity contribution in [3.63, 3.8) is 0 Å². The van der Waals surface area contributed by atoms with Crippen molar-refractivity contribution < 1.29 is 18.0 Å². The second-order valence-corrected chi connectivity index (χ2v) is 6.83. The highest BCUT2D eigenvalue weighted by atomic mass is 32.2. The first-order valence-electron chi connectivity index (χ1n) is 8.02. The van der Waals surface area contributed by atoms with Gasteiger partial charge in [-0.25, -0.2) is 4.99 Å². The topological polar surface area (TPSA) is 41.5 Å². The number of alkyl halides is 3. The summed E-state index contributed by atoms with van der Waals surface area (Å²) >= 11 is 1.01. The largest absolute Gasteiger partial charge is 0.418 e. The molecule has 1 N–H and O–H groups in total. The summed E-state index contributed by atoms with van der Waals surface area (Å²) in [6, 6.07) is 14.6. The third-order valence-corrected chi connectivity index (χ3v) is 4.54. The fourth-order valence-corrected chi connectivity index (χ4v) is 3.35. The lowest BCUT2D eigenvalue weighted by molar-refractivity contribution is -0.137. The monoisotopic (exact) mass is 388 g/mol. The molecule has 1 aliphatic rings. The number of carbonyl (C=O) groups excluding carboxylic acids is 1. The Morgan fingerprint density at radius 1 is 1.07 bits per heavy atom. The van der Waals surface area contributed by atoms with Crippen molar-refractivity contribution in [1.29, 1.82) is 0 Å². The average molecular weight is 388 g/mol. The molecule has 2 aromatic rings. The van der Waals surface area contributed by atoms with Crippen molar-refractivity contribution in [2.24, 2.45) is 4.99 Å². The van der Waals surface area contributed by atoms with Crippen LogP contribution < -0.4 is 5.32 Å². The Labute approximate surface area is 158 Å². The second kappa shape index (κ2) is 7.84. The number of thioether (sulfide) groups is 1. The lowest BCUT2D eigenvalue weighted by Gasteiger charge is -2.09. The van der Waals surface area contributed by atoms with Gasteiger partial charge in [0.25, 0.3) is 5.91 Å². The van der Waals surface area contributed by atoms with Crippen LogP contribution in [0.4, 0.5) is 18.9 Å². The van der Waals surface area contributed by atoms with E-state index in [1.165, 1.54) is 18.2 Å². The Balaban J connectivity index is 1.84. The molecule has 1 heterocycles. The fourth-order valence-electron chi connectivity index (χ4n) is 2.46. The third kappa shape index (κ3) is 4.89. The van der Waals surface area contributed by atoms with Gasteiger partial charge in [-0.2, -0.15) is 13.2 Å². The van der Waals surface area contributed by atoms with Crippen LogP contribution in [-0.2, 0) is 11.0 Å². The van der Waals surface area contributed by atoms with E-state index in [4.69, 9.17) is 0 Å². The lowest BCUT2D eigenvalue weighted by atomic mass is 10.1. The third-order valence-electron chi connectivity index (χ3n) is 3.64. The standard InChI is InChI=1S/C20H15F3N2OS/c1-13(11-14-7-3-2-4-8-14)12-17-18(26)25-19(27-17)24-16-10-6-5-9-15(16)20(21,22)23/h2-12H,1H3,(H,24,25,26)/b13-11+,17-12+. The maximum Gasteiger partial charge on any atom is 0.418 e. The fraction of sp³-hybridized carbons (Fsp3) is 0.100. The minimum atomic E-state index is -4.51. The maximum atomic E-state index is 13.1. The highest BCUT2D eigenvalue weighted by Crippen LogP contribution is 2.37. The Hall–Kier alpha value is -2.80. The van der Waals surface area contributed by atoms with Gasteiger partial charge < -0.3 is 5.32 Å². The molecule has 1 amide bonds. The molecule has 0 unspecified atom stereocenters. The summed E-state index contributed by atoms with van der Waals surface area (Å²) in [5.74, 6) is -0.385. The predicted octanol–water partition coefficient (Wildman–Crippen LogP) is 5.54. The van der Waals surface area contributed by atoms with Crippen molar-refractivity contribution in [2.75, 3.05) is 0 Å². The Bertz CT molecular complexity index is 947. The molecule has 1 aliphatic heterocycles. The molecule has 27 heavy (non-hydrogen) atoms. The number of para-hydroxylation sites is 1. The minimum Gasteiger partial charge on any atom is -0.300 e. The molecule has 0 aliphatic carbocycles. The van der Waals surface area contributed by atoms with Crippen molar-refractivity contribution >= 4 is 34.6 Å². The number of aliphatic imine (C=N–C) groups is 1. The molecule has 3 rings (SSSR count). The van der Waals surface area contributed by atoms with Crippen LogP contribution in [0.25, 0.3) is 6.08 Å². The van der Waals surface area contributed by atoms with Gasteiger partial charge in [-0.1, -0.05) is 48.5 Å². The first kappa shape index (κ1) is 19.0. The molecule has 0 aromatic heterocycles. The number of benzene rings is 2. The zero-order valence-electron chi connectivity index (χ0n) is 14.2. The molecule has 2 aromatic carbocycles. The minimum absolute atomic E-state index is 0.121. The number of rotatable bonds is 3. The number of nitrogens with zero attached hydrogens (tertiary/aromatic N) is 1. The van der Waals surface area contributed by atoms with Crippen molar-refractivity contribution in [1.82, 2.24) is 5.32 Å². The summed E-state index contributed by atoms with van der Waals surface area (Å²) in [7, 11) is 0. The van der Waals surface area contributed by atoms with Gasteiger partial charge in [-0.15, -0.1) is 0 Å². The van der Waals surface area contributed by atoms with Crippen molar-refractivity contribution in [2.45, 2.75) is 13.1 Å². The summed E-state index contributed by atoms with van der Waals surface area (Å²) in [5, 5.41) is 2.63. The van der Waals surface area contributed by atoms with Gasteiger partial charge in [0, 0.05) is 0 Å². The molecule has 1 saturated heterocycles. The van der Waals surface area contributed by atoms with E-state index in [0.717, 1.165) is 29.0 Å². The van der Waals surface area contributed by atoms with E-state index in [9.17, 15) is 18.0 Å². The van der Waals surface area contributed by atoms with Crippen LogP contribution in [0, 0.1) is 0 Å². The molecule has 0 bridgehead atoms. The average Bonchev–Trinajstić information content (AvgIpc) is 2.94. The first-order valence-corrected chi connectivity index (χ1v) is 8.84. The summed E-state index contributed by atoms with van der Waals surface area (Å²) in [6.07, 6.45) is -0.915. The normalized spacial score (nSPS) is 18.2. The summed E-state index contributed by atoms with van der Waals surface area (Å²) in [4.78, 5) is 16.5. The van der Waals surface area contributed by atoms with E-state index in [1.807, 2.05) is 43.3 Å². The molecular weight excluding hydrogens is 373 g/mol. The van der Waals surface area contributed by atoms with Crippen molar-refractivity contribution in [3.05, 3.63) is 82.3 Å². The van der Waals surface area contributed by atoms with Crippen LogP contribution >= 0.6 is 11.8 Å². The van der Waals surface area contributed by atoms with Gasteiger partial charge in [0.1, 0.15) is 0 Å². The van der Waals surface area contributed by atoms with E-state index in [2.05, 4.69) is 10.3 Å². The Morgan fingerprint density at radius 2 is 1.74 bits per heavy atom. The Morgan fingerprint density at radius 3 is 2.44 bits per heavy atom. The number of nitrogens with one attached hydrogen (secondary N) is 1. The SMILES string of the molecule is CC(=C\c1ccccc1)/C=C1/SC(=Nc2ccccc2C(F)(F)F)NC1=O. The maximum absolute atomic E-state index is 13.1. The number of hydrogen-bond acceptors (Lipinski definition) is 3. The van der Waals surface area contributed by atoms with Crippen LogP contribution in [0.2, 0.25) is 0 Å². The highest BCUT2D eigenvalue weighted by molar-refractivity contribution is 8.18. The van der Waals surface area contributed by atoms with E-state index < -0.39 is 11.7 Å². The van der Waals surface area contributed by atoms with Crippen LogP contribution in [-0.4, -0.2) is 11.1 Å². The zero-order valence-corrected chi connectivity index (χ0v) is 15.1. The number of hydrogen-bond donors (Lipinski definition) is 1. The zero-order chi connectivity index (χ0) is 19.4. The highest BCUT2D eigenvalue weighted by Gasteiger charge is 2.34. The molecule has 0 spiro atoms. The number of amidine groups is 1. The number of carbonyl (C=O) groups is 1. The van der Waals surface area contributed by atoms with E-state index >= 15 is 0 Å². The van der Waals surface area contributed by atoms with E-state index in [1.54, 1.807) is 6.08 Å². The number of amides is 1. The van der Waals surface area contributed by atoms with Crippen molar-refractivity contribution in [3.8, 4) is 0 Å². The molecule has 3 nitrogen and oxygen atoms in total. The van der Waals surface area contributed by atoms with Crippen LogP contribution in [0.15, 0.2) is 76.1 Å². The van der Waals surface area contributed by atoms with Gasteiger partial charge in [-0.3, -0.25) is 4.79 Å². The number of halogens is 3. The van der Waals surface area contributed by atoms with Crippen LogP contribution in [0.1, 0.15) is 18.1 Å². The number of allylic oxidation sites excluding steroid dienone is 2.